The number of hydrogen-bond acceptors (Lipinski definition) is 3. The van der Waals surface area contributed by atoms with Gasteiger partial charge in [-0.25, -0.2) is 4.98 Å². The molecule has 0 spiro atoms. The topological polar surface area (TPSA) is 33.1 Å². The maximum absolute atomic E-state index is 10.6. The van der Waals surface area contributed by atoms with Crippen molar-refractivity contribution in [2.45, 2.75) is 51.6 Å². The van der Waals surface area contributed by atoms with Gasteiger partial charge < -0.3 is 5.11 Å². The summed E-state index contributed by atoms with van der Waals surface area (Å²) in [7, 11) is 0. The largest absolute Gasteiger partial charge is 0.388 e. The lowest BCUT2D eigenvalue weighted by Gasteiger charge is -2.29. The number of thiazole rings is 1. The highest BCUT2D eigenvalue weighted by Gasteiger charge is 2.29. The second-order valence-corrected chi connectivity index (χ2v) is 7.97. The molecule has 0 amide bonds. The van der Waals surface area contributed by atoms with E-state index < -0.39 is 0 Å². The quantitative estimate of drug-likeness (QED) is 0.898. The summed E-state index contributed by atoms with van der Waals surface area (Å²) in [6, 6.07) is 8.28. The third kappa shape index (κ3) is 3.04. The Labute approximate surface area is 130 Å². The molecule has 2 nitrogen and oxygen atoms in total. The lowest BCUT2D eigenvalue weighted by molar-refractivity contribution is 0.0936. The minimum absolute atomic E-state index is 0.104. The number of rotatable bonds is 2. The van der Waals surface area contributed by atoms with Crippen LogP contribution in [0.1, 0.15) is 55.1 Å². The van der Waals surface area contributed by atoms with Crippen LogP contribution in [0.2, 0.25) is 0 Å². The standard InChI is InChI=1S/C18H23NOS/c1-18(2,3)15-11-21-16(19-15)10-13-9-8-12-6-4-5-7-14(12)17(13)20/h4-7,11,13,17,20H,8-10H2,1-3H3. The molecule has 0 saturated heterocycles. The fourth-order valence-electron chi connectivity index (χ4n) is 2.99. The highest BCUT2D eigenvalue weighted by atomic mass is 32.1. The second-order valence-electron chi connectivity index (χ2n) is 7.02. The van der Waals surface area contributed by atoms with E-state index in [0.29, 0.717) is 5.92 Å². The van der Waals surface area contributed by atoms with E-state index in [2.05, 4.69) is 44.4 Å². The van der Waals surface area contributed by atoms with Gasteiger partial charge in [0.25, 0.3) is 0 Å². The van der Waals surface area contributed by atoms with Crippen LogP contribution in [-0.4, -0.2) is 10.1 Å². The molecule has 1 N–H and O–H groups in total. The normalized spacial score (nSPS) is 22.1. The smallest absolute Gasteiger partial charge is 0.0932 e. The molecule has 1 aliphatic carbocycles. The first-order chi connectivity index (χ1) is 9.95. The van der Waals surface area contributed by atoms with Crippen LogP contribution in [0.5, 0.6) is 0 Å². The summed E-state index contributed by atoms with van der Waals surface area (Å²) in [5.41, 5.74) is 3.68. The molecule has 2 atom stereocenters. The van der Waals surface area contributed by atoms with Crippen LogP contribution in [-0.2, 0) is 18.3 Å². The fourth-order valence-corrected chi connectivity index (χ4v) is 4.11. The number of aryl methyl sites for hydroxylation is 1. The number of fused-ring (bicyclic) bond motifs is 1. The number of benzene rings is 1. The fraction of sp³-hybridized carbons (Fsp3) is 0.500. The van der Waals surface area contributed by atoms with Crippen LogP contribution in [0, 0.1) is 5.92 Å². The molecule has 3 heteroatoms. The summed E-state index contributed by atoms with van der Waals surface area (Å²) in [6.45, 7) is 6.58. The number of hydrogen-bond donors (Lipinski definition) is 1. The van der Waals surface area contributed by atoms with Gasteiger partial charge in [-0.1, -0.05) is 45.0 Å². The Hall–Kier alpha value is -1.19. The number of nitrogens with zero attached hydrogens (tertiary/aromatic N) is 1. The molecule has 0 aliphatic heterocycles. The Morgan fingerprint density at radius 3 is 2.76 bits per heavy atom. The van der Waals surface area contributed by atoms with Crippen molar-refractivity contribution in [2.24, 2.45) is 5.92 Å². The van der Waals surface area contributed by atoms with Gasteiger partial charge in [0.15, 0.2) is 0 Å². The third-order valence-electron chi connectivity index (χ3n) is 4.36. The Balaban J connectivity index is 1.76. The molecule has 112 valence electrons. The zero-order valence-electron chi connectivity index (χ0n) is 13.0. The highest BCUT2D eigenvalue weighted by molar-refractivity contribution is 7.09. The predicted molar refractivity (Wildman–Crippen MR) is 87.7 cm³/mol. The monoisotopic (exact) mass is 301 g/mol. The Kier molecular flexibility index (Phi) is 3.89. The molecule has 21 heavy (non-hydrogen) atoms. The Bertz CT molecular complexity index is 626. The van der Waals surface area contributed by atoms with Gasteiger partial charge in [0, 0.05) is 17.2 Å². The molecule has 0 saturated carbocycles. The van der Waals surface area contributed by atoms with Gasteiger partial charge in [0.1, 0.15) is 0 Å². The van der Waals surface area contributed by atoms with E-state index in [1.54, 1.807) is 11.3 Å². The van der Waals surface area contributed by atoms with Crippen molar-refractivity contribution in [1.29, 1.82) is 0 Å². The maximum Gasteiger partial charge on any atom is 0.0932 e. The molecule has 2 aromatic rings. The summed E-state index contributed by atoms with van der Waals surface area (Å²) in [4.78, 5) is 4.77. The lowest BCUT2D eigenvalue weighted by Crippen LogP contribution is -2.22. The molecule has 1 aliphatic rings. The van der Waals surface area contributed by atoms with Gasteiger partial charge in [0.05, 0.1) is 16.8 Å². The summed E-state index contributed by atoms with van der Waals surface area (Å²) < 4.78 is 0. The van der Waals surface area contributed by atoms with Crippen molar-refractivity contribution in [3.63, 3.8) is 0 Å². The van der Waals surface area contributed by atoms with Crippen LogP contribution in [0.4, 0.5) is 0 Å². The van der Waals surface area contributed by atoms with E-state index in [0.717, 1.165) is 35.5 Å². The molecule has 0 radical (unpaired) electrons. The highest BCUT2D eigenvalue weighted by Crippen LogP contribution is 2.37. The van der Waals surface area contributed by atoms with Crippen molar-refractivity contribution in [3.05, 3.63) is 51.5 Å². The minimum atomic E-state index is -0.350. The molecule has 0 bridgehead atoms. The molecule has 1 aromatic carbocycles. The van der Waals surface area contributed by atoms with Crippen LogP contribution in [0.25, 0.3) is 0 Å². The summed E-state index contributed by atoms with van der Waals surface area (Å²) >= 11 is 1.73. The van der Waals surface area contributed by atoms with Gasteiger partial charge >= 0.3 is 0 Å². The first kappa shape index (κ1) is 14.7. The zero-order chi connectivity index (χ0) is 15.0. The Morgan fingerprint density at radius 1 is 1.29 bits per heavy atom. The van der Waals surface area contributed by atoms with Crippen molar-refractivity contribution < 1.29 is 5.11 Å². The average Bonchev–Trinajstić information content (AvgIpc) is 2.91. The second kappa shape index (κ2) is 5.54. The van der Waals surface area contributed by atoms with Gasteiger partial charge in [-0.3, -0.25) is 0 Å². The van der Waals surface area contributed by atoms with Crippen molar-refractivity contribution in [3.8, 4) is 0 Å². The van der Waals surface area contributed by atoms with Gasteiger partial charge in [0.2, 0.25) is 0 Å². The summed E-state index contributed by atoms with van der Waals surface area (Å²) in [5, 5.41) is 13.9. The van der Waals surface area contributed by atoms with Crippen molar-refractivity contribution >= 4 is 11.3 Å². The predicted octanol–water partition coefficient (Wildman–Crippen LogP) is 4.28. The maximum atomic E-state index is 10.6. The van der Waals surface area contributed by atoms with Crippen molar-refractivity contribution in [2.75, 3.05) is 0 Å². The molecule has 0 fully saturated rings. The zero-order valence-corrected chi connectivity index (χ0v) is 13.8. The number of aromatic nitrogens is 1. The average molecular weight is 301 g/mol. The van der Waals surface area contributed by atoms with Crippen LogP contribution >= 0.6 is 11.3 Å². The summed E-state index contributed by atoms with van der Waals surface area (Å²) in [5.74, 6) is 0.291. The van der Waals surface area contributed by atoms with Crippen LogP contribution in [0.15, 0.2) is 29.6 Å². The molecular formula is C18H23NOS. The van der Waals surface area contributed by atoms with E-state index >= 15 is 0 Å². The van der Waals surface area contributed by atoms with Gasteiger partial charge in [-0.2, -0.15) is 0 Å². The number of aliphatic hydroxyl groups is 1. The van der Waals surface area contributed by atoms with E-state index in [-0.39, 0.29) is 11.5 Å². The molecule has 2 unspecified atom stereocenters. The minimum Gasteiger partial charge on any atom is -0.388 e. The van der Waals surface area contributed by atoms with Crippen LogP contribution < -0.4 is 0 Å². The van der Waals surface area contributed by atoms with E-state index in [9.17, 15) is 5.11 Å². The van der Waals surface area contributed by atoms with Crippen LogP contribution in [0.3, 0.4) is 0 Å². The van der Waals surface area contributed by atoms with Gasteiger partial charge in [-0.15, -0.1) is 11.3 Å². The lowest BCUT2D eigenvalue weighted by atomic mass is 9.80. The van der Waals surface area contributed by atoms with Crippen molar-refractivity contribution in [1.82, 2.24) is 4.98 Å². The first-order valence-corrected chi connectivity index (χ1v) is 8.54. The Morgan fingerprint density at radius 2 is 2.05 bits per heavy atom. The molecule has 1 heterocycles. The van der Waals surface area contributed by atoms with E-state index in [1.165, 1.54) is 5.56 Å². The number of aliphatic hydroxyl groups excluding tert-OH is 1. The third-order valence-corrected chi connectivity index (χ3v) is 5.23. The molecule has 3 rings (SSSR count). The van der Waals surface area contributed by atoms with E-state index in [4.69, 9.17) is 4.98 Å². The molecule has 1 aromatic heterocycles. The van der Waals surface area contributed by atoms with E-state index in [1.807, 2.05) is 6.07 Å². The summed E-state index contributed by atoms with van der Waals surface area (Å²) in [6.07, 6.45) is 2.64. The molecular weight excluding hydrogens is 278 g/mol. The SMILES string of the molecule is CC(C)(C)c1csc(CC2CCc3ccccc3C2O)n1. The first-order valence-electron chi connectivity index (χ1n) is 7.66. The van der Waals surface area contributed by atoms with Gasteiger partial charge in [-0.05, 0) is 29.9 Å².